The summed E-state index contributed by atoms with van der Waals surface area (Å²) < 4.78 is 21.0. The van der Waals surface area contributed by atoms with Crippen molar-refractivity contribution < 1.29 is 27.5 Å². The number of hydrogen-bond donors (Lipinski definition) is 0. The molecule has 0 aromatic carbocycles. The molecule has 0 aromatic heterocycles. The number of unbranched alkanes of at least 4 members (excludes halogenated alkanes) is 1. The molecule has 7 heteroatoms. The Bertz CT molecular complexity index is 543. The molecule has 0 rings (SSSR count). The first-order valence-corrected chi connectivity index (χ1v) is 16.2. The Labute approximate surface area is 272 Å². The Hall–Kier alpha value is 0.0300. The van der Waals surface area contributed by atoms with Crippen LogP contribution < -0.4 is 4.89 Å². The van der Waals surface area contributed by atoms with Gasteiger partial charge in [0, 0.05) is 7.11 Å². The van der Waals surface area contributed by atoms with E-state index >= 15 is 0 Å². The maximum Gasteiger partial charge on any atom is 0.272 e. The van der Waals surface area contributed by atoms with Crippen LogP contribution in [0.25, 0.3) is 0 Å². The molecule has 0 aliphatic carbocycles. The fourth-order valence-corrected chi connectivity index (χ4v) is 2.49. The van der Waals surface area contributed by atoms with Gasteiger partial charge < -0.3 is 18.4 Å². The molecule has 0 heterocycles. The molecule has 0 amide bonds. The molecular formula is C35H92N2O4P+. The van der Waals surface area contributed by atoms with Crippen molar-refractivity contribution in [2.45, 2.75) is 159 Å². The van der Waals surface area contributed by atoms with Crippen LogP contribution in [0.5, 0.6) is 0 Å². The number of nitrogens with zero attached hydrogens (tertiary/aromatic N) is 2. The van der Waals surface area contributed by atoms with Gasteiger partial charge in [-0.1, -0.05) is 138 Å². The maximum atomic E-state index is 10.7. The average molecular weight is 636 g/mol. The van der Waals surface area contributed by atoms with Gasteiger partial charge >= 0.3 is 0 Å². The van der Waals surface area contributed by atoms with E-state index in [0.717, 1.165) is 18.1 Å². The van der Waals surface area contributed by atoms with Gasteiger partial charge in [-0.15, -0.1) is 0 Å². The minimum atomic E-state index is -4.05. The molecule has 270 valence electrons. The van der Waals surface area contributed by atoms with Crippen molar-refractivity contribution in [3.8, 4) is 0 Å². The van der Waals surface area contributed by atoms with Crippen molar-refractivity contribution in [3.05, 3.63) is 0 Å². The van der Waals surface area contributed by atoms with Gasteiger partial charge in [-0.25, -0.2) is 0 Å². The van der Waals surface area contributed by atoms with E-state index in [1.54, 1.807) is 0 Å². The molecule has 42 heavy (non-hydrogen) atoms. The molecule has 0 fully saturated rings. The highest BCUT2D eigenvalue weighted by molar-refractivity contribution is 7.45. The van der Waals surface area contributed by atoms with Gasteiger partial charge in [0.05, 0.1) is 48.3 Å². The molecule has 1 unspecified atom stereocenters. The third kappa shape index (κ3) is 72.4. The quantitative estimate of drug-likeness (QED) is 0.144. The molecule has 0 radical (unpaired) electrons. The van der Waals surface area contributed by atoms with Gasteiger partial charge in [0.2, 0.25) is 0 Å². The lowest BCUT2D eigenvalue weighted by atomic mass is 9.75. The first-order chi connectivity index (χ1) is 16.6. The SMILES string of the molecule is C.C.C.C.CCC(C)(C)C.CCC(C)(C)CC(C)(C)C.CCCC.CC[N+](C)(C)C.CC[N+](C)(C)COP(=O)([O-])OC. The lowest BCUT2D eigenvalue weighted by Crippen LogP contribution is -2.41. The number of rotatable bonds is 9. The van der Waals surface area contributed by atoms with E-state index < -0.39 is 7.82 Å². The van der Waals surface area contributed by atoms with Crippen molar-refractivity contribution in [2.75, 3.05) is 62.2 Å². The summed E-state index contributed by atoms with van der Waals surface area (Å²) in [5, 5.41) is 0. The van der Waals surface area contributed by atoms with Crippen molar-refractivity contribution in [1.82, 2.24) is 0 Å². The van der Waals surface area contributed by atoms with E-state index in [-0.39, 0.29) is 36.4 Å². The van der Waals surface area contributed by atoms with Crippen LogP contribution in [0.3, 0.4) is 0 Å². The second kappa shape index (κ2) is 31.0. The van der Waals surface area contributed by atoms with Crippen molar-refractivity contribution in [1.29, 1.82) is 0 Å². The zero-order chi connectivity index (χ0) is 32.1. The van der Waals surface area contributed by atoms with Crippen LogP contribution in [0, 0.1) is 16.2 Å². The van der Waals surface area contributed by atoms with Gasteiger partial charge in [-0.2, -0.15) is 0 Å². The van der Waals surface area contributed by atoms with Gasteiger partial charge in [0.1, 0.15) is 0 Å². The Morgan fingerprint density at radius 1 is 0.643 bits per heavy atom. The van der Waals surface area contributed by atoms with Gasteiger partial charge in [-0.05, 0) is 36.5 Å². The maximum absolute atomic E-state index is 10.7. The third-order valence-corrected chi connectivity index (χ3v) is 7.00. The van der Waals surface area contributed by atoms with Crippen LogP contribution in [-0.2, 0) is 13.6 Å². The van der Waals surface area contributed by atoms with Crippen LogP contribution >= 0.6 is 7.82 Å². The highest BCUT2D eigenvalue weighted by atomic mass is 31.2. The smallest absolute Gasteiger partial charge is 0.272 e. The molecule has 0 N–H and O–H groups in total. The van der Waals surface area contributed by atoms with E-state index in [2.05, 4.69) is 120 Å². The Kier molecular flexibility index (Phi) is 47.9. The second-order valence-corrected chi connectivity index (χ2v) is 16.4. The summed E-state index contributed by atoms with van der Waals surface area (Å²) in [5.41, 5.74) is 1.55. The summed E-state index contributed by atoms with van der Waals surface area (Å²) >= 11 is 0. The van der Waals surface area contributed by atoms with E-state index in [9.17, 15) is 9.46 Å². The molecule has 0 aliphatic rings. The number of phosphoric ester groups is 1. The molecular weight excluding hydrogens is 543 g/mol. The van der Waals surface area contributed by atoms with Gasteiger partial charge in [0.15, 0.2) is 6.73 Å². The number of quaternary nitrogens is 2. The van der Waals surface area contributed by atoms with Crippen LogP contribution in [0.4, 0.5) is 0 Å². The standard InChI is InChI=1S/C10H22.C6H16NO4P.C6H14.C5H14N.C4H10.4CH4/c1-7-10(5,6)8-9(2,3)4;1-5-7(2,3)6-11-12(8,9)10-4;2*1-5-6(2,3)4;1-3-4-2;;;;/h7-8H2,1-6H3;5-6H2,1-4H3;2*5H2,1-4H3;3-4H2,1-2H3;4*1H4/q;;;+1;;;;;. The highest BCUT2D eigenvalue weighted by Crippen LogP contribution is 2.37. The molecule has 0 aliphatic heterocycles. The van der Waals surface area contributed by atoms with Crippen LogP contribution in [0.15, 0.2) is 0 Å². The topological polar surface area (TPSA) is 58.6 Å². The molecule has 1 atom stereocenters. The Morgan fingerprint density at radius 3 is 1.07 bits per heavy atom. The lowest BCUT2D eigenvalue weighted by molar-refractivity contribution is -0.904. The summed E-state index contributed by atoms with van der Waals surface area (Å²) in [6, 6.07) is 0. The van der Waals surface area contributed by atoms with Gasteiger partial charge in [-0.3, -0.25) is 9.09 Å². The third-order valence-electron chi connectivity index (χ3n) is 6.12. The minimum absolute atomic E-state index is 0. The monoisotopic (exact) mass is 636 g/mol. The van der Waals surface area contributed by atoms with Crippen molar-refractivity contribution in [2.24, 2.45) is 16.2 Å². The summed E-state index contributed by atoms with van der Waals surface area (Å²) in [6.07, 6.45) is 6.51. The Morgan fingerprint density at radius 2 is 0.952 bits per heavy atom. The van der Waals surface area contributed by atoms with E-state index in [4.69, 9.17) is 0 Å². The molecule has 0 aromatic rings. The first kappa shape index (κ1) is 64.9. The molecule has 6 nitrogen and oxygen atoms in total. The zero-order valence-electron chi connectivity index (χ0n) is 30.1. The molecule has 0 saturated carbocycles. The largest absolute Gasteiger partial charge is 0.756 e. The fraction of sp³-hybridized carbons (Fsp3) is 1.00. The second-order valence-electron chi connectivity index (χ2n) is 14.9. The summed E-state index contributed by atoms with van der Waals surface area (Å²) in [6.45, 7) is 33.4. The van der Waals surface area contributed by atoms with Gasteiger partial charge in [0.25, 0.3) is 7.82 Å². The normalized spacial score (nSPS) is 12.4. The predicted octanol–water partition coefficient (Wildman–Crippen LogP) is 11.5. The van der Waals surface area contributed by atoms with Crippen molar-refractivity contribution >= 4 is 7.82 Å². The van der Waals surface area contributed by atoms with Crippen LogP contribution in [0.1, 0.15) is 159 Å². The van der Waals surface area contributed by atoms with E-state index in [1.165, 1.54) is 38.6 Å². The van der Waals surface area contributed by atoms with E-state index in [1.807, 2.05) is 21.0 Å². The van der Waals surface area contributed by atoms with E-state index in [0.29, 0.717) is 20.7 Å². The fourth-order valence-electron chi connectivity index (χ4n) is 1.93. The Balaban J connectivity index is -0.0000000474. The molecule has 0 bridgehead atoms. The molecule has 0 spiro atoms. The first-order valence-electron chi connectivity index (χ1n) is 14.8. The average Bonchev–Trinajstić information content (AvgIpc) is 2.77. The number of phosphoric acid groups is 1. The summed E-state index contributed by atoms with van der Waals surface area (Å²) in [5.74, 6) is 0. The van der Waals surface area contributed by atoms with Crippen LogP contribution in [-0.4, -0.2) is 71.1 Å². The van der Waals surface area contributed by atoms with Crippen molar-refractivity contribution in [3.63, 3.8) is 0 Å². The summed E-state index contributed by atoms with van der Waals surface area (Å²) in [7, 11) is 7.32. The lowest BCUT2D eigenvalue weighted by Gasteiger charge is -2.31. The highest BCUT2D eigenvalue weighted by Gasteiger charge is 2.23. The molecule has 0 saturated heterocycles. The predicted molar refractivity (Wildman–Crippen MR) is 197 cm³/mol. The number of hydrogen-bond acceptors (Lipinski definition) is 4. The van der Waals surface area contributed by atoms with Crippen LogP contribution in [0.2, 0.25) is 0 Å². The summed E-state index contributed by atoms with van der Waals surface area (Å²) in [4.78, 5) is 10.7. The zero-order valence-corrected chi connectivity index (χ0v) is 31.0. The minimum Gasteiger partial charge on any atom is -0.756 e.